The first-order chi connectivity index (χ1) is 14.8. The van der Waals surface area contributed by atoms with Gasteiger partial charge < -0.3 is 9.47 Å². The molecule has 0 saturated carbocycles. The van der Waals surface area contributed by atoms with Crippen molar-refractivity contribution in [3.8, 4) is 11.5 Å². The summed E-state index contributed by atoms with van der Waals surface area (Å²) in [5.74, 6) is -0.961. The molecule has 0 unspecified atom stereocenters. The Morgan fingerprint density at radius 2 is 1.90 bits per heavy atom. The second kappa shape index (κ2) is 9.29. The Kier molecular flexibility index (Phi) is 6.54. The number of nitrogens with one attached hydrogen (secondary N) is 1. The number of nitro benzene ring substituents is 1. The zero-order valence-corrected chi connectivity index (χ0v) is 17.5. The van der Waals surface area contributed by atoms with Crippen molar-refractivity contribution in [1.29, 1.82) is 0 Å². The van der Waals surface area contributed by atoms with Gasteiger partial charge in [0.2, 0.25) is 5.75 Å². The number of amides is 2. The average molecular weight is 425 g/mol. The number of benzene rings is 2. The van der Waals surface area contributed by atoms with E-state index in [2.05, 4.69) is 5.43 Å². The lowest BCUT2D eigenvalue weighted by atomic mass is 10.1. The smallest absolute Gasteiger partial charge is 0.315 e. The SMILES string of the molecule is CCOc1cc(/C=C2/C(=O)NN(c3ccccc3)C2=O)cc([N+](=O)[O-])c1O[C@@H](C)CC. The number of carbonyl (C=O) groups is 2. The average Bonchev–Trinajstić information content (AvgIpc) is 3.04. The fourth-order valence-electron chi connectivity index (χ4n) is 2.98. The number of hydrogen-bond donors (Lipinski definition) is 1. The molecule has 1 atom stereocenters. The third-order valence-corrected chi connectivity index (χ3v) is 4.66. The molecular weight excluding hydrogens is 402 g/mol. The molecule has 9 heteroatoms. The molecule has 1 aliphatic heterocycles. The van der Waals surface area contributed by atoms with Crippen LogP contribution in [-0.2, 0) is 9.59 Å². The molecule has 2 aromatic carbocycles. The van der Waals surface area contributed by atoms with E-state index in [4.69, 9.17) is 9.47 Å². The summed E-state index contributed by atoms with van der Waals surface area (Å²) in [7, 11) is 0. The van der Waals surface area contributed by atoms with Gasteiger partial charge >= 0.3 is 5.69 Å². The van der Waals surface area contributed by atoms with E-state index in [1.807, 2.05) is 6.92 Å². The van der Waals surface area contributed by atoms with Gasteiger partial charge in [-0.1, -0.05) is 25.1 Å². The number of nitro groups is 1. The Balaban J connectivity index is 2.04. The first-order valence-electron chi connectivity index (χ1n) is 9.89. The lowest BCUT2D eigenvalue weighted by Crippen LogP contribution is -2.35. The minimum absolute atomic E-state index is 0.0245. The Morgan fingerprint density at radius 1 is 1.19 bits per heavy atom. The highest BCUT2D eigenvalue weighted by molar-refractivity contribution is 6.31. The van der Waals surface area contributed by atoms with Gasteiger partial charge in [0.15, 0.2) is 5.75 Å². The van der Waals surface area contributed by atoms with E-state index < -0.39 is 16.7 Å². The molecule has 0 bridgehead atoms. The Labute approximate surface area is 179 Å². The standard InChI is InChI=1S/C22H23N3O6/c1-4-14(3)31-20-18(25(28)29)12-15(13-19(20)30-5-2)11-17-21(26)23-24(22(17)27)16-9-7-6-8-10-16/h6-14H,4-5H2,1-3H3,(H,23,26)/b17-11-/t14-/m0/s1. The summed E-state index contributed by atoms with van der Waals surface area (Å²) >= 11 is 0. The zero-order valence-electron chi connectivity index (χ0n) is 17.5. The van der Waals surface area contributed by atoms with Crippen LogP contribution in [0.25, 0.3) is 6.08 Å². The van der Waals surface area contributed by atoms with Crippen LogP contribution in [0, 0.1) is 10.1 Å². The molecule has 1 N–H and O–H groups in total. The molecule has 31 heavy (non-hydrogen) atoms. The van der Waals surface area contributed by atoms with Gasteiger partial charge in [0.25, 0.3) is 11.8 Å². The molecule has 0 radical (unpaired) electrons. The van der Waals surface area contributed by atoms with E-state index in [1.54, 1.807) is 44.2 Å². The number of ether oxygens (including phenoxy) is 2. The third-order valence-electron chi connectivity index (χ3n) is 4.66. The predicted octanol–water partition coefficient (Wildman–Crippen LogP) is 3.63. The molecule has 3 rings (SSSR count). The number of nitrogens with zero attached hydrogens (tertiary/aromatic N) is 2. The van der Waals surface area contributed by atoms with E-state index in [9.17, 15) is 19.7 Å². The van der Waals surface area contributed by atoms with Crippen LogP contribution in [0.4, 0.5) is 11.4 Å². The van der Waals surface area contributed by atoms with Crippen LogP contribution in [-0.4, -0.2) is 29.4 Å². The molecule has 162 valence electrons. The lowest BCUT2D eigenvalue weighted by molar-refractivity contribution is -0.386. The van der Waals surface area contributed by atoms with Gasteiger partial charge in [-0.2, -0.15) is 0 Å². The second-order valence-corrected chi connectivity index (χ2v) is 6.87. The maximum atomic E-state index is 12.8. The van der Waals surface area contributed by atoms with E-state index in [-0.39, 0.29) is 41.0 Å². The Bertz CT molecular complexity index is 1040. The summed E-state index contributed by atoms with van der Waals surface area (Å²) in [6.45, 7) is 5.71. The highest BCUT2D eigenvalue weighted by Gasteiger charge is 2.35. The topological polar surface area (TPSA) is 111 Å². The summed E-state index contributed by atoms with van der Waals surface area (Å²) < 4.78 is 11.3. The van der Waals surface area contributed by atoms with Crippen LogP contribution in [0.15, 0.2) is 48.0 Å². The van der Waals surface area contributed by atoms with Gasteiger partial charge in [-0.05, 0) is 50.1 Å². The molecule has 0 aromatic heterocycles. The number of carbonyl (C=O) groups excluding carboxylic acids is 2. The van der Waals surface area contributed by atoms with Gasteiger partial charge in [0.05, 0.1) is 23.3 Å². The summed E-state index contributed by atoms with van der Waals surface area (Å²) in [6, 6.07) is 11.4. The number of rotatable bonds is 8. The van der Waals surface area contributed by atoms with E-state index in [0.717, 1.165) is 5.01 Å². The van der Waals surface area contributed by atoms with E-state index >= 15 is 0 Å². The molecule has 1 heterocycles. The Morgan fingerprint density at radius 3 is 2.52 bits per heavy atom. The zero-order chi connectivity index (χ0) is 22.5. The van der Waals surface area contributed by atoms with Gasteiger partial charge in [0.1, 0.15) is 5.57 Å². The number of hydrazine groups is 1. The largest absolute Gasteiger partial charge is 0.490 e. The fourth-order valence-corrected chi connectivity index (χ4v) is 2.98. The van der Waals surface area contributed by atoms with Gasteiger partial charge in [-0.3, -0.25) is 25.1 Å². The summed E-state index contributed by atoms with van der Waals surface area (Å²) in [5.41, 5.74) is 2.84. The maximum absolute atomic E-state index is 12.8. The van der Waals surface area contributed by atoms with Gasteiger partial charge in [0, 0.05) is 6.07 Å². The molecule has 2 aromatic rings. The molecule has 1 saturated heterocycles. The number of anilines is 1. The van der Waals surface area contributed by atoms with Crippen molar-refractivity contribution in [2.24, 2.45) is 0 Å². The molecule has 2 amide bonds. The van der Waals surface area contributed by atoms with Gasteiger partial charge in [-0.15, -0.1) is 0 Å². The summed E-state index contributed by atoms with van der Waals surface area (Å²) in [6.07, 6.45) is 1.70. The van der Waals surface area contributed by atoms with Gasteiger partial charge in [-0.25, -0.2) is 5.01 Å². The van der Waals surface area contributed by atoms with Crippen LogP contribution in [0.5, 0.6) is 11.5 Å². The highest BCUT2D eigenvalue weighted by Crippen LogP contribution is 2.40. The quantitative estimate of drug-likeness (QED) is 0.299. The fraction of sp³-hybridized carbons (Fsp3) is 0.273. The van der Waals surface area contributed by atoms with Crippen molar-refractivity contribution in [1.82, 2.24) is 5.43 Å². The van der Waals surface area contributed by atoms with Crippen molar-refractivity contribution in [2.45, 2.75) is 33.3 Å². The molecule has 1 fully saturated rings. The van der Waals surface area contributed by atoms with E-state index in [0.29, 0.717) is 12.1 Å². The van der Waals surface area contributed by atoms with Crippen molar-refractivity contribution in [2.75, 3.05) is 11.6 Å². The van der Waals surface area contributed by atoms with Crippen molar-refractivity contribution in [3.05, 3.63) is 63.7 Å². The van der Waals surface area contributed by atoms with Crippen LogP contribution >= 0.6 is 0 Å². The van der Waals surface area contributed by atoms with E-state index in [1.165, 1.54) is 18.2 Å². The summed E-state index contributed by atoms with van der Waals surface area (Å²) in [4.78, 5) is 36.3. The van der Waals surface area contributed by atoms with Crippen molar-refractivity contribution >= 4 is 29.3 Å². The normalized spacial score (nSPS) is 15.7. The molecular formula is C22H23N3O6. The molecule has 0 spiro atoms. The molecule has 9 nitrogen and oxygen atoms in total. The first-order valence-corrected chi connectivity index (χ1v) is 9.89. The molecule has 0 aliphatic carbocycles. The van der Waals surface area contributed by atoms with Crippen molar-refractivity contribution < 1.29 is 24.0 Å². The monoisotopic (exact) mass is 425 g/mol. The maximum Gasteiger partial charge on any atom is 0.315 e. The summed E-state index contributed by atoms with van der Waals surface area (Å²) in [5, 5.41) is 12.8. The second-order valence-electron chi connectivity index (χ2n) is 6.87. The van der Waals surface area contributed by atoms with Crippen LogP contribution in [0.2, 0.25) is 0 Å². The van der Waals surface area contributed by atoms with Crippen molar-refractivity contribution in [3.63, 3.8) is 0 Å². The minimum atomic E-state index is -0.602. The first kappa shape index (κ1) is 21.8. The van der Waals surface area contributed by atoms with Crippen LogP contribution < -0.4 is 19.9 Å². The predicted molar refractivity (Wildman–Crippen MR) is 115 cm³/mol. The van der Waals surface area contributed by atoms with Crippen LogP contribution in [0.1, 0.15) is 32.8 Å². The minimum Gasteiger partial charge on any atom is -0.490 e. The number of para-hydroxylation sites is 1. The molecule has 1 aliphatic rings. The Hall–Kier alpha value is -3.88. The van der Waals surface area contributed by atoms with Crippen LogP contribution in [0.3, 0.4) is 0 Å². The number of hydrogen-bond acceptors (Lipinski definition) is 6. The third kappa shape index (κ3) is 4.66. The highest BCUT2D eigenvalue weighted by atomic mass is 16.6. The lowest BCUT2D eigenvalue weighted by Gasteiger charge is -2.17.